The van der Waals surface area contributed by atoms with E-state index in [9.17, 15) is 17.6 Å². The summed E-state index contributed by atoms with van der Waals surface area (Å²) in [6, 6.07) is 10.9. The van der Waals surface area contributed by atoms with Crippen LogP contribution in [0.2, 0.25) is 0 Å². The van der Waals surface area contributed by atoms with Crippen molar-refractivity contribution in [3.05, 3.63) is 53.8 Å². The molecule has 1 saturated carbocycles. The zero-order valence-corrected chi connectivity index (χ0v) is 17.3. The number of sulfonamides is 1. The van der Waals surface area contributed by atoms with Gasteiger partial charge in [0.1, 0.15) is 11.6 Å². The molecule has 156 valence electrons. The van der Waals surface area contributed by atoms with Crippen molar-refractivity contribution < 1.29 is 22.3 Å². The molecule has 0 radical (unpaired) electrons. The predicted octanol–water partition coefficient (Wildman–Crippen LogP) is 4.05. The Labute approximate surface area is 170 Å². The van der Waals surface area contributed by atoms with Crippen LogP contribution in [0.15, 0.2) is 42.5 Å². The minimum Gasteiger partial charge on any atom is -0.494 e. The fourth-order valence-electron chi connectivity index (χ4n) is 3.76. The van der Waals surface area contributed by atoms with Gasteiger partial charge in [-0.05, 0) is 49.6 Å². The van der Waals surface area contributed by atoms with Crippen molar-refractivity contribution in [2.75, 3.05) is 22.9 Å². The second-order valence-corrected chi connectivity index (χ2v) is 9.19. The molecule has 2 aromatic carbocycles. The van der Waals surface area contributed by atoms with Crippen LogP contribution in [0.4, 0.5) is 15.8 Å². The molecule has 0 heterocycles. The van der Waals surface area contributed by atoms with Crippen LogP contribution in [0, 0.1) is 5.82 Å². The molecule has 8 heteroatoms. The molecule has 0 aliphatic heterocycles. The van der Waals surface area contributed by atoms with Crippen molar-refractivity contribution in [2.45, 2.75) is 38.0 Å². The number of carbonyl (C=O) groups excluding carboxylic acids is 1. The Balaban J connectivity index is 1.87. The first-order chi connectivity index (χ1) is 13.8. The van der Waals surface area contributed by atoms with Gasteiger partial charge < -0.3 is 10.1 Å². The van der Waals surface area contributed by atoms with Crippen molar-refractivity contribution >= 4 is 27.3 Å². The minimum absolute atomic E-state index is 0.0647. The summed E-state index contributed by atoms with van der Waals surface area (Å²) < 4.78 is 45.2. The molecule has 0 unspecified atom stereocenters. The smallest absolute Gasteiger partial charge is 0.235 e. The maximum Gasteiger partial charge on any atom is 0.235 e. The first-order valence-corrected chi connectivity index (χ1v) is 11.2. The van der Waals surface area contributed by atoms with Gasteiger partial charge in [0.2, 0.25) is 15.9 Å². The van der Waals surface area contributed by atoms with Crippen LogP contribution in [-0.2, 0) is 20.2 Å². The highest BCUT2D eigenvalue weighted by Gasteiger charge is 2.42. The molecule has 2 aromatic rings. The molecular formula is C21H25FN2O4S. The number of carbonyl (C=O) groups is 1. The van der Waals surface area contributed by atoms with Crippen LogP contribution in [0.5, 0.6) is 5.75 Å². The first kappa shape index (κ1) is 21.1. The van der Waals surface area contributed by atoms with Crippen LogP contribution < -0.4 is 14.8 Å². The normalized spacial score (nSPS) is 15.7. The van der Waals surface area contributed by atoms with Gasteiger partial charge in [0.15, 0.2) is 0 Å². The molecule has 0 atom stereocenters. The van der Waals surface area contributed by atoms with Gasteiger partial charge in [-0.2, -0.15) is 0 Å². The average molecular weight is 421 g/mol. The number of nitrogens with one attached hydrogen (secondary N) is 2. The molecule has 2 N–H and O–H groups in total. The van der Waals surface area contributed by atoms with E-state index >= 15 is 0 Å². The standard InChI is InChI=1S/C21H25FN2O4S/c1-3-29(26,27)24-18-10-9-17(14-19(18)28-2)23-20(25)21(11-4-5-12-21)15-7-6-8-16(22)13-15/h6-10,13-14,24H,3-5,11-12H2,1-2H3,(H,23,25). The number of ether oxygens (including phenoxy) is 1. The summed E-state index contributed by atoms with van der Waals surface area (Å²) in [5, 5.41) is 2.90. The van der Waals surface area contributed by atoms with Crippen molar-refractivity contribution in [3.8, 4) is 5.75 Å². The van der Waals surface area contributed by atoms with Crippen LogP contribution in [0.3, 0.4) is 0 Å². The summed E-state index contributed by atoms with van der Waals surface area (Å²) in [6.07, 6.45) is 3.08. The lowest BCUT2D eigenvalue weighted by molar-refractivity contribution is -0.121. The molecule has 1 aliphatic rings. The number of amides is 1. The molecule has 0 aromatic heterocycles. The first-order valence-electron chi connectivity index (χ1n) is 9.56. The van der Waals surface area contributed by atoms with Crippen LogP contribution in [0.25, 0.3) is 0 Å². The lowest BCUT2D eigenvalue weighted by Crippen LogP contribution is -2.38. The summed E-state index contributed by atoms with van der Waals surface area (Å²) in [5.74, 6) is -0.337. The summed E-state index contributed by atoms with van der Waals surface area (Å²) in [5.41, 5.74) is 0.673. The van der Waals surface area contributed by atoms with E-state index in [1.165, 1.54) is 26.2 Å². The number of methoxy groups -OCH3 is 1. The number of anilines is 2. The molecule has 1 fully saturated rings. The Bertz CT molecular complexity index is 1000. The van der Waals surface area contributed by atoms with E-state index in [2.05, 4.69) is 10.0 Å². The third-order valence-corrected chi connectivity index (χ3v) is 6.66. The fraction of sp³-hybridized carbons (Fsp3) is 0.381. The molecule has 1 aliphatic carbocycles. The topological polar surface area (TPSA) is 84.5 Å². The Morgan fingerprint density at radius 2 is 1.90 bits per heavy atom. The van der Waals surface area contributed by atoms with Crippen molar-refractivity contribution in [2.24, 2.45) is 0 Å². The van der Waals surface area contributed by atoms with Crippen LogP contribution >= 0.6 is 0 Å². The van der Waals surface area contributed by atoms with Gasteiger partial charge in [0.05, 0.1) is 24.0 Å². The quantitative estimate of drug-likeness (QED) is 0.708. The highest BCUT2D eigenvalue weighted by atomic mass is 32.2. The van der Waals surface area contributed by atoms with Gasteiger partial charge in [0, 0.05) is 11.8 Å². The zero-order chi connectivity index (χ0) is 21.1. The van der Waals surface area contributed by atoms with Crippen molar-refractivity contribution in [1.29, 1.82) is 0 Å². The third-order valence-electron chi connectivity index (χ3n) is 5.37. The molecular weight excluding hydrogens is 395 g/mol. The summed E-state index contributed by atoms with van der Waals surface area (Å²) in [4.78, 5) is 13.2. The third kappa shape index (κ3) is 4.53. The van der Waals surface area contributed by atoms with Gasteiger partial charge in [-0.15, -0.1) is 0 Å². The summed E-state index contributed by atoms with van der Waals surface area (Å²) in [7, 11) is -2.03. The number of hydrogen-bond donors (Lipinski definition) is 2. The lowest BCUT2D eigenvalue weighted by Gasteiger charge is -2.28. The zero-order valence-electron chi connectivity index (χ0n) is 16.5. The largest absolute Gasteiger partial charge is 0.494 e. The van der Waals surface area contributed by atoms with Gasteiger partial charge >= 0.3 is 0 Å². The van der Waals surface area contributed by atoms with E-state index in [0.29, 0.717) is 35.5 Å². The molecule has 0 saturated heterocycles. The van der Waals surface area contributed by atoms with Gasteiger partial charge in [-0.3, -0.25) is 9.52 Å². The SMILES string of the molecule is CCS(=O)(=O)Nc1ccc(NC(=O)C2(c3cccc(F)c3)CCCC2)cc1OC. The Kier molecular flexibility index (Phi) is 6.12. The van der Waals surface area contributed by atoms with Gasteiger partial charge in [-0.1, -0.05) is 25.0 Å². The molecule has 0 spiro atoms. The molecule has 1 amide bonds. The van der Waals surface area contributed by atoms with E-state index in [1.807, 2.05) is 0 Å². The lowest BCUT2D eigenvalue weighted by atomic mass is 9.78. The van der Waals surface area contributed by atoms with E-state index in [-0.39, 0.29) is 17.5 Å². The van der Waals surface area contributed by atoms with E-state index < -0.39 is 15.4 Å². The molecule has 0 bridgehead atoms. The Morgan fingerprint density at radius 3 is 2.52 bits per heavy atom. The maximum absolute atomic E-state index is 13.8. The van der Waals surface area contributed by atoms with Crippen LogP contribution in [-0.4, -0.2) is 27.2 Å². The predicted molar refractivity (Wildman–Crippen MR) is 111 cm³/mol. The number of benzene rings is 2. The highest BCUT2D eigenvalue weighted by molar-refractivity contribution is 7.92. The number of hydrogen-bond acceptors (Lipinski definition) is 4. The number of rotatable bonds is 7. The van der Waals surface area contributed by atoms with Crippen molar-refractivity contribution in [3.63, 3.8) is 0 Å². The Hall–Kier alpha value is -2.61. The second kappa shape index (κ2) is 8.41. The Morgan fingerprint density at radius 1 is 1.17 bits per heavy atom. The van der Waals surface area contributed by atoms with Gasteiger partial charge in [0.25, 0.3) is 0 Å². The van der Waals surface area contributed by atoms with Crippen molar-refractivity contribution in [1.82, 2.24) is 0 Å². The van der Waals surface area contributed by atoms with E-state index in [0.717, 1.165) is 12.8 Å². The fourth-order valence-corrected chi connectivity index (χ4v) is 4.40. The maximum atomic E-state index is 13.8. The second-order valence-electron chi connectivity index (χ2n) is 7.17. The van der Waals surface area contributed by atoms with E-state index in [4.69, 9.17) is 4.74 Å². The summed E-state index contributed by atoms with van der Waals surface area (Å²) in [6.45, 7) is 1.54. The monoisotopic (exact) mass is 420 g/mol. The van der Waals surface area contributed by atoms with Crippen LogP contribution in [0.1, 0.15) is 38.2 Å². The molecule has 3 rings (SSSR count). The van der Waals surface area contributed by atoms with Gasteiger partial charge in [-0.25, -0.2) is 12.8 Å². The average Bonchev–Trinajstić information content (AvgIpc) is 3.20. The highest BCUT2D eigenvalue weighted by Crippen LogP contribution is 2.42. The summed E-state index contributed by atoms with van der Waals surface area (Å²) >= 11 is 0. The minimum atomic E-state index is -3.46. The molecule has 6 nitrogen and oxygen atoms in total. The molecule has 29 heavy (non-hydrogen) atoms. The van der Waals surface area contributed by atoms with E-state index in [1.54, 1.807) is 30.3 Å². The number of halogens is 1.